The lowest BCUT2D eigenvalue weighted by molar-refractivity contribution is 0.0929. The zero-order valence-electron chi connectivity index (χ0n) is 11.9. The summed E-state index contributed by atoms with van der Waals surface area (Å²) >= 11 is 1.79. The number of hydrogen-bond donors (Lipinski definition) is 2. The molecule has 1 amide bonds. The van der Waals surface area contributed by atoms with Gasteiger partial charge >= 0.3 is 0 Å². The summed E-state index contributed by atoms with van der Waals surface area (Å²) in [4.78, 5) is 12.2. The maximum absolute atomic E-state index is 13.7. The monoisotopic (exact) mass is 296 g/mol. The molecule has 110 valence electrons. The number of halogens is 1. The lowest BCUT2D eigenvalue weighted by atomic mass is 9.94. The second kappa shape index (κ2) is 6.48. The van der Waals surface area contributed by atoms with E-state index in [1.165, 1.54) is 12.5 Å². The Morgan fingerprint density at radius 1 is 1.40 bits per heavy atom. The summed E-state index contributed by atoms with van der Waals surface area (Å²) in [5.41, 5.74) is 6.73. The minimum absolute atomic E-state index is 0.164. The minimum atomic E-state index is -0.430. The van der Waals surface area contributed by atoms with Gasteiger partial charge in [-0.3, -0.25) is 4.79 Å². The molecule has 2 atom stereocenters. The molecule has 1 aromatic carbocycles. The summed E-state index contributed by atoms with van der Waals surface area (Å²) < 4.78 is 13.7. The smallest absolute Gasteiger partial charge is 0.251 e. The number of thioether (sulfide) groups is 1. The number of rotatable bonds is 3. The highest BCUT2D eigenvalue weighted by atomic mass is 32.2. The Hall–Kier alpha value is -1.23. The number of carbonyl (C=O) groups excluding carboxylic acids is 1. The first kappa shape index (κ1) is 15.2. The molecule has 1 aromatic rings. The van der Waals surface area contributed by atoms with Gasteiger partial charge in [-0.15, -0.1) is 0 Å². The van der Waals surface area contributed by atoms with Crippen LogP contribution in [0.15, 0.2) is 12.1 Å². The van der Waals surface area contributed by atoms with E-state index in [1.807, 2.05) is 0 Å². The third-order valence-corrected chi connectivity index (χ3v) is 5.14. The largest absolute Gasteiger partial charge is 0.398 e. The lowest BCUT2D eigenvalue weighted by Gasteiger charge is -2.31. The summed E-state index contributed by atoms with van der Waals surface area (Å²) in [6.07, 6.45) is 6.52. The van der Waals surface area contributed by atoms with E-state index < -0.39 is 5.82 Å². The van der Waals surface area contributed by atoms with Gasteiger partial charge in [0.05, 0.1) is 0 Å². The highest BCUT2D eigenvalue weighted by molar-refractivity contribution is 7.99. The van der Waals surface area contributed by atoms with Crippen molar-refractivity contribution in [3.63, 3.8) is 0 Å². The lowest BCUT2D eigenvalue weighted by Crippen LogP contribution is -2.43. The van der Waals surface area contributed by atoms with E-state index in [0.29, 0.717) is 22.1 Å². The van der Waals surface area contributed by atoms with Crippen molar-refractivity contribution < 1.29 is 9.18 Å². The van der Waals surface area contributed by atoms with Gasteiger partial charge in [0.25, 0.3) is 5.91 Å². The van der Waals surface area contributed by atoms with Crippen LogP contribution in [-0.4, -0.2) is 23.5 Å². The van der Waals surface area contributed by atoms with Crippen molar-refractivity contribution in [1.29, 1.82) is 0 Å². The molecule has 1 fully saturated rings. The maximum atomic E-state index is 13.7. The molecule has 1 saturated carbocycles. The van der Waals surface area contributed by atoms with E-state index in [2.05, 4.69) is 11.6 Å². The van der Waals surface area contributed by atoms with Crippen LogP contribution in [-0.2, 0) is 0 Å². The fourth-order valence-electron chi connectivity index (χ4n) is 2.63. The standard InChI is InChI=1S/C15H21FN2OS/c1-9-11(16)7-10(8-12(9)17)15(19)18-13-5-3-4-6-14(13)20-2/h7-8,13-14H,3-6,17H2,1-2H3,(H,18,19). The number of hydrogen-bond acceptors (Lipinski definition) is 3. The molecule has 2 unspecified atom stereocenters. The first-order chi connectivity index (χ1) is 9.52. The molecule has 0 aliphatic heterocycles. The average molecular weight is 296 g/mol. The molecular formula is C15H21FN2OS. The van der Waals surface area contributed by atoms with Gasteiger partial charge in [-0.05, 0) is 38.2 Å². The zero-order valence-corrected chi connectivity index (χ0v) is 12.7. The highest BCUT2D eigenvalue weighted by Gasteiger charge is 2.26. The molecule has 0 heterocycles. The molecular weight excluding hydrogens is 275 g/mol. The Bertz CT molecular complexity index is 484. The predicted molar refractivity (Wildman–Crippen MR) is 82.6 cm³/mol. The van der Waals surface area contributed by atoms with Crippen LogP contribution in [0.2, 0.25) is 0 Å². The summed E-state index contributed by atoms with van der Waals surface area (Å²) in [5.74, 6) is -0.665. The molecule has 20 heavy (non-hydrogen) atoms. The van der Waals surface area contributed by atoms with Crippen LogP contribution >= 0.6 is 11.8 Å². The molecule has 5 heteroatoms. The van der Waals surface area contributed by atoms with Crippen molar-refractivity contribution in [3.05, 3.63) is 29.1 Å². The summed E-state index contributed by atoms with van der Waals surface area (Å²) in [6.45, 7) is 1.61. The highest BCUT2D eigenvalue weighted by Crippen LogP contribution is 2.27. The summed E-state index contributed by atoms with van der Waals surface area (Å²) in [6, 6.07) is 2.97. The second-order valence-corrected chi connectivity index (χ2v) is 6.39. The third-order valence-electron chi connectivity index (χ3n) is 3.97. The van der Waals surface area contributed by atoms with Crippen LogP contribution in [0.5, 0.6) is 0 Å². The van der Waals surface area contributed by atoms with Crippen LogP contribution in [0.25, 0.3) is 0 Å². The van der Waals surface area contributed by atoms with Crippen LogP contribution in [0, 0.1) is 12.7 Å². The van der Waals surface area contributed by atoms with Gasteiger partial charge in [-0.1, -0.05) is 12.8 Å². The Morgan fingerprint density at radius 2 is 2.10 bits per heavy atom. The summed E-state index contributed by atoms with van der Waals surface area (Å²) in [7, 11) is 0. The third kappa shape index (κ3) is 3.26. The van der Waals surface area contributed by atoms with E-state index >= 15 is 0 Å². The van der Waals surface area contributed by atoms with Gasteiger partial charge < -0.3 is 11.1 Å². The van der Waals surface area contributed by atoms with E-state index in [4.69, 9.17) is 5.73 Å². The fraction of sp³-hybridized carbons (Fsp3) is 0.533. The van der Waals surface area contributed by atoms with Crippen molar-refractivity contribution in [1.82, 2.24) is 5.32 Å². The number of benzene rings is 1. The van der Waals surface area contributed by atoms with E-state index in [1.54, 1.807) is 24.8 Å². The Labute approximate surface area is 123 Å². The van der Waals surface area contributed by atoms with Crippen LogP contribution in [0.3, 0.4) is 0 Å². The van der Waals surface area contributed by atoms with E-state index in [-0.39, 0.29) is 11.9 Å². The topological polar surface area (TPSA) is 55.1 Å². The van der Waals surface area contributed by atoms with Crippen molar-refractivity contribution in [2.24, 2.45) is 0 Å². The number of nitrogens with one attached hydrogen (secondary N) is 1. The van der Waals surface area contributed by atoms with Gasteiger partial charge in [-0.2, -0.15) is 11.8 Å². The molecule has 0 aromatic heterocycles. The average Bonchev–Trinajstić information content (AvgIpc) is 2.44. The molecule has 3 nitrogen and oxygen atoms in total. The van der Waals surface area contributed by atoms with Crippen molar-refractivity contribution in [2.75, 3.05) is 12.0 Å². The van der Waals surface area contributed by atoms with Gasteiger partial charge in [0.2, 0.25) is 0 Å². The fourth-order valence-corrected chi connectivity index (χ4v) is 3.56. The first-order valence-electron chi connectivity index (χ1n) is 6.92. The van der Waals surface area contributed by atoms with E-state index in [9.17, 15) is 9.18 Å². The Morgan fingerprint density at radius 3 is 2.75 bits per heavy atom. The van der Waals surface area contributed by atoms with Crippen LogP contribution in [0.1, 0.15) is 41.6 Å². The molecule has 1 aliphatic carbocycles. The number of carbonyl (C=O) groups is 1. The van der Waals surface area contributed by atoms with Crippen molar-refractivity contribution in [3.8, 4) is 0 Å². The van der Waals surface area contributed by atoms with Crippen LogP contribution < -0.4 is 11.1 Å². The second-order valence-electron chi connectivity index (χ2n) is 5.31. The predicted octanol–water partition coefficient (Wildman–Crippen LogP) is 3.12. The minimum Gasteiger partial charge on any atom is -0.398 e. The molecule has 2 rings (SSSR count). The molecule has 0 saturated heterocycles. The summed E-state index contributed by atoms with van der Waals surface area (Å²) in [5, 5.41) is 3.47. The number of anilines is 1. The van der Waals surface area contributed by atoms with Gasteiger partial charge in [0, 0.05) is 28.1 Å². The van der Waals surface area contributed by atoms with Gasteiger partial charge in [0.1, 0.15) is 5.82 Å². The van der Waals surface area contributed by atoms with E-state index in [0.717, 1.165) is 19.3 Å². The maximum Gasteiger partial charge on any atom is 0.251 e. The molecule has 0 bridgehead atoms. The zero-order chi connectivity index (χ0) is 14.7. The van der Waals surface area contributed by atoms with Gasteiger partial charge in [0.15, 0.2) is 0 Å². The molecule has 3 N–H and O–H groups in total. The Kier molecular flexibility index (Phi) is 4.91. The quantitative estimate of drug-likeness (QED) is 0.843. The van der Waals surface area contributed by atoms with Crippen molar-refractivity contribution in [2.45, 2.75) is 43.9 Å². The van der Waals surface area contributed by atoms with Crippen LogP contribution in [0.4, 0.5) is 10.1 Å². The normalized spacial score (nSPS) is 22.6. The van der Waals surface area contributed by atoms with Crippen molar-refractivity contribution >= 4 is 23.4 Å². The first-order valence-corrected chi connectivity index (χ1v) is 8.21. The van der Waals surface area contributed by atoms with Gasteiger partial charge in [-0.25, -0.2) is 4.39 Å². The Balaban J connectivity index is 2.11. The molecule has 0 radical (unpaired) electrons. The number of nitrogen functional groups attached to an aromatic ring is 1. The number of amides is 1. The number of nitrogens with two attached hydrogens (primary N) is 1. The SMILES string of the molecule is CSC1CCCCC1NC(=O)c1cc(N)c(C)c(F)c1. The molecule has 0 spiro atoms. The molecule has 1 aliphatic rings.